The van der Waals surface area contributed by atoms with Gasteiger partial charge in [0.15, 0.2) is 5.96 Å². The molecule has 6 nitrogen and oxygen atoms in total. The minimum Gasteiger partial charge on any atom is -0.493 e. The average molecular weight is 420 g/mol. The van der Waals surface area contributed by atoms with E-state index < -0.39 is 0 Å². The Kier molecular flexibility index (Phi) is 8.10. The lowest BCUT2D eigenvalue weighted by atomic mass is 10.1. The SMILES string of the molecule is CN=C(NCc1ccc(Cn2ccnc2)cc1)NC(C)c1ccc(OCC(C)C)cc1. The van der Waals surface area contributed by atoms with Gasteiger partial charge in [-0.3, -0.25) is 4.99 Å². The lowest BCUT2D eigenvalue weighted by molar-refractivity contribution is 0.271. The predicted octanol–water partition coefficient (Wildman–Crippen LogP) is 4.39. The Morgan fingerprint density at radius 3 is 2.35 bits per heavy atom. The minimum atomic E-state index is 0.128. The number of guanidine groups is 1. The Labute approximate surface area is 185 Å². The number of rotatable bonds is 9. The van der Waals surface area contributed by atoms with Crippen molar-refractivity contribution in [1.82, 2.24) is 20.2 Å². The molecule has 0 aliphatic heterocycles. The van der Waals surface area contributed by atoms with E-state index in [1.54, 1.807) is 13.2 Å². The van der Waals surface area contributed by atoms with Gasteiger partial charge < -0.3 is 19.9 Å². The third-order valence-corrected chi connectivity index (χ3v) is 4.95. The van der Waals surface area contributed by atoms with Crippen LogP contribution in [0.25, 0.3) is 0 Å². The molecule has 3 aromatic rings. The van der Waals surface area contributed by atoms with E-state index in [9.17, 15) is 0 Å². The van der Waals surface area contributed by atoms with Gasteiger partial charge in [0, 0.05) is 32.5 Å². The Morgan fingerprint density at radius 2 is 1.74 bits per heavy atom. The molecule has 1 unspecified atom stereocenters. The highest BCUT2D eigenvalue weighted by atomic mass is 16.5. The van der Waals surface area contributed by atoms with Crippen LogP contribution in [0, 0.1) is 5.92 Å². The van der Waals surface area contributed by atoms with Gasteiger partial charge in [-0.15, -0.1) is 0 Å². The van der Waals surface area contributed by atoms with Gasteiger partial charge in [-0.05, 0) is 41.7 Å². The summed E-state index contributed by atoms with van der Waals surface area (Å²) in [5.41, 5.74) is 3.64. The molecule has 2 aromatic carbocycles. The summed E-state index contributed by atoms with van der Waals surface area (Å²) in [6.07, 6.45) is 5.60. The fourth-order valence-electron chi connectivity index (χ4n) is 3.14. The lowest BCUT2D eigenvalue weighted by Crippen LogP contribution is -2.38. The van der Waals surface area contributed by atoms with Gasteiger partial charge >= 0.3 is 0 Å². The van der Waals surface area contributed by atoms with Crippen molar-refractivity contribution in [1.29, 1.82) is 0 Å². The molecule has 164 valence electrons. The van der Waals surface area contributed by atoms with Crippen LogP contribution in [0.3, 0.4) is 0 Å². The zero-order chi connectivity index (χ0) is 22.1. The first-order valence-electron chi connectivity index (χ1n) is 10.8. The van der Waals surface area contributed by atoms with Crippen LogP contribution >= 0.6 is 0 Å². The van der Waals surface area contributed by atoms with Crippen LogP contribution in [0.4, 0.5) is 0 Å². The van der Waals surface area contributed by atoms with Crippen LogP contribution in [0.15, 0.2) is 72.2 Å². The van der Waals surface area contributed by atoms with Crippen LogP contribution in [0.2, 0.25) is 0 Å². The summed E-state index contributed by atoms with van der Waals surface area (Å²) in [4.78, 5) is 8.45. The Bertz CT molecular complexity index is 931. The molecule has 1 aromatic heterocycles. The van der Waals surface area contributed by atoms with Gasteiger partial charge in [-0.2, -0.15) is 0 Å². The number of nitrogens with one attached hydrogen (secondary N) is 2. The van der Waals surface area contributed by atoms with E-state index in [-0.39, 0.29) is 6.04 Å². The standard InChI is InChI=1S/C25H33N5O/c1-19(2)17-31-24-11-9-23(10-12-24)20(3)29-25(26-4)28-15-21-5-7-22(8-6-21)16-30-14-13-27-18-30/h5-14,18-20H,15-17H2,1-4H3,(H2,26,28,29). The maximum absolute atomic E-state index is 5.77. The van der Waals surface area contributed by atoms with E-state index in [4.69, 9.17) is 4.74 Å². The second-order valence-corrected chi connectivity index (χ2v) is 8.12. The normalized spacial score (nSPS) is 12.6. The summed E-state index contributed by atoms with van der Waals surface area (Å²) in [7, 11) is 1.79. The fourth-order valence-corrected chi connectivity index (χ4v) is 3.14. The number of aromatic nitrogens is 2. The number of ether oxygens (including phenoxy) is 1. The molecule has 0 fully saturated rings. The summed E-state index contributed by atoms with van der Waals surface area (Å²) in [5.74, 6) is 2.20. The smallest absolute Gasteiger partial charge is 0.191 e. The van der Waals surface area contributed by atoms with Gasteiger partial charge in [0.05, 0.1) is 19.0 Å². The van der Waals surface area contributed by atoms with E-state index in [1.807, 2.05) is 24.7 Å². The molecule has 6 heteroatoms. The zero-order valence-electron chi connectivity index (χ0n) is 18.9. The Balaban J connectivity index is 1.48. The van der Waals surface area contributed by atoms with Crippen LogP contribution in [-0.4, -0.2) is 29.2 Å². The van der Waals surface area contributed by atoms with Gasteiger partial charge in [0.2, 0.25) is 0 Å². The quantitative estimate of drug-likeness (QED) is 0.399. The van der Waals surface area contributed by atoms with Crippen molar-refractivity contribution in [3.8, 4) is 5.75 Å². The number of benzene rings is 2. The Morgan fingerprint density at radius 1 is 1.03 bits per heavy atom. The van der Waals surface area contributed by atoms with E-state index in [2.05, 4.69) is 82.3 Å². The van der Waals surface area contributed by atoms with Gasteiger partial charge in [-0.1, -0.05) is 50.2 Å². The van der Waals surface area contributed by atoms with Gasteiger partial charge in [-0.25, -0.2) is 4.98 Å². The highest BCUT2D eigenvalue weighted by molar-refractivity contribution is 5.80. The molecule has 3 rings (SSSR count). The van der Waals surface area contributed by atoms with E-state index >= 15 is 0 Å². The van der Waals surface area contributed by atoms with Crippen molar-refractivity contribution >= 4 is 5.96 Å². The molecule has 1 atom stereocenters. The summed E-state index contributed by atoms with van der Waals surface area (Å²) >= 11 is 0. The molecule has 2 N–H and O–H groups in total. The first-order chi connectivity index (χ1) is 15.0. The molecular weight excluding hydrogens is 386 g/mol. The monoisotopic (exact) mass is 419 g/mol. The maximum Gasteiger partial charge on any atom is 0.191 e. The molecule has 0 aliphatic rings. The third-order valence-electron chi connectivity index (χ3n) is 4.95. The molecule has 31 heavy (non-hydrogen) atoms. The van der Waals surface area contributed by atoms with E-state index in [1.165, 1.54) is 16.7 Å². The topological polar surface area (TPSA) is 63.5 Å². The molecule has 0 amide bonds. The van der Waals surface area contributed by atoms with E-state index in [0.29, 0.717) is 12.5 Å². The van der Waals surface area contributed by atoms with Gasteiger partial charge in [0.25, 0.3) is 0 Å². The molecule has 0 saturated heterocycles. The second kappa shape index (κ2) is 11.2. The number of nitrogens with zero attached hydrogens (tertiary/aromatic N) is 3. The summed E-state index contributed by atoms with van der Waals surface area (Å²) < 4.78 is 7.83. The number of aliphatic imine (C=N–C) groups is 1. The van der Waals surface area contributed by atoms with Crippen molar-refractivity contribution in [2.75, 3.05) is 13.7 Å². The second-order valence-electron chi connectivity index (χ2n) is 8.12. The minimum absolute atomic E-state index is 0.128. The van der Waals surface area contributed by atoms with Gasteiger partial charge in [0.1, 0.15) is 5.75 Å². The van der Waals surface area contributed by atoms with Crippen molar-refractivity contribution in [3.63, 3.8) is 0 Å². The van der Waals surface area contributed by atoms with Crippen LogP contribution < -0.4 is 15.4 Å². The Hall–Kier alpha value is -3.28. The summed E-state index contributed by atoms with van der Waals surface area (Å²) in [5, 5.41) is 6.85. The third kappa shape index (κ3) is 7.17. The fraction of sp³-hybridized carbons (Fsp3) is 0.360. The maximum atomic E-state index is 5.77. The zero-order valence-corrected chi connectivity index (χ0v) is 18.9. The van der Waals surface area contributed by atoms with Crippen LogP contribution in [0.1, 0.15) is 43.5 Å². The molecule has 0 bridgehead atoms. The average Bonchev–Trinajstić information content (AvgIpc) is 3.29. The number of hydrogen-bond acceptors (Lipinski definition) is 3. The molecule has 0 aliphatic carbocycles. The molecule has 1 heterocycles. The lowest BCUT2D eigenvalue weighted by Gasteiger charge is -2.19. The molecule has 0 saturated carbocycles. The highest BCUT2D eigenvalue weighted by Gasteiger charge is 2.08. The molecule has 0 spiro atoms. The first kappa shape index (κ1) is 22.4. The summed E-state index contributed by atoms with van der Waals surface area (Å²) in [6, 6.07) is 17.0. The van der Waals surface area contributed by atoms with Crippen molar-refractivity contribution in [2.24, 2.45) is 10.9 Å². The predicted molar refractivity (Wildman–Crippen MR) is 126 cm³/mol. The number of hydrogen-bond donors (Lipinski definition) is 2. The van der Waals surface area contributed by atoms with Crippen molar-refractivity contribution < 1.29 is 4.74 Å². The van der Waals surface area contributed by atoms with E-state index in [0.717, 1.165) is 24.9 Å². The summed E-state index contributed by atoms with van der Waals surface area (Å²) in [6.45, 7) is 8.69. The number of imidazole rings is 1. The molecular formula is C25H33N5O. The molecule has 0 radical (unpaired) electrons. The van der Waals surface area contributed by atoms with Crippen molar-refractivity contribution in [2.45, 2.75) is 39.9 Å². The van der Waals surface area contributed by atoms with Crippen LogP contribution in [-0.2, 0) is 13.1 Å². The largest absolute Gasteiger partial charge is 0.493 e. The van der Waals surface area contributed by atoms with Crippen LogP contribution in [0.5, 0.6) is 5.75 Å². The first-order valence-corrected chi connectivity index (χ1v) is 10.8. The van der Waals surface area contributed by atoms with Crippen molar-refractivity contribution in [3.05, 3.63) is 83.9 Å². The highest BCUT2D eigenvalue weighted by Crippen LogP contribution is 2.18.